The summed E-state index contributed by atoms with van der Waals surface area (Å²) in [6, 6.07) is 0. The number of carboxylic acid groups (broad SMARTS) is 1. The maximum Gasteiger partial charge on any atom is 0.303 e. The van der Waals surface area contributed by atoms with Crippen LogP contribution in [0.3, 0.4) is 0 Å². The summed E-state index contributed by atoms with van der Waals surface area (Å²) in [4.78, 5) is 10.2. The Balaban J connectivity index is 2.92. The highest BCUT2D eigenvalue weighted by Crippen LogP contribution is 2.09. The van der Waals surface area contributed by atoms with Crippen LogP contribution in [0.25, 0.3) is 0 Å². The molecule has 0 aromatic carbocycles. The van der Waals surface area contributed by atoms with Gasteiger partial charge in [-0.1, -0.05) is 25.3 Å². The zero-order valence-corrected chi connectivity index (χ0v) is 9.52. The fourth-order valence-electron chi connectivity index (χ4n) is 1.18. The minimum atomic E-state index is -0.675. The Morgan fingerprint density at radius 2 is 1.86 bits per heavy atom. The molecule has 14 heavy (non-hydrogen) atoms. The van der Waals surface area contributed by atoms with Crippen LogP contribution in [-0.4, -0.2) is 22.6 Å². The maximum atomic E-state index is 10.2. The van der Waals surface area contributed by atoms with E-state index in [0.717, 1.165) is 18.6 Å². The maximum absolute atomic E-state index is 10.2. The van der Waals surface area contributed by atoms with Crippen LogP contribution in [0.2, 0.25) is 0 Å². The number of carbonyl (C=O) groups is 1. The molecule has 3 heteroatoms. The summed E-state index contributed by atoms with van der Waals surface area (Å²) < 4.78 is 0. The molecule has 0 rings (SSSR count). The van der Waals surface area contributed by atoms with Crippen molar-refractivity contribution in [3.8, 4) is 0 Å². The van der Waals surface area contributed by atoms with Gasteiger partial charge < -0.3 is 5.11 Å². The van der Waals surface area contributed by atoms with E-state index in [-0.39, 0.29) is 0 Å². The molecular formula is C11H20O2S. The van der Waals surface area contributed by atoms with Crippen LogP contribution in [0.1, 0.15) is 38.5 Å². The van der Waals surface area contributed by atoms with Gasteiger partial charge in [-0.2, -0.15) is 11.8 Å². The standard InChI is InChI=1S/C11H20O2S/c1-2-9-14-10-7-5-3-4-6-8-11(12)13/h2H,1,3-10H2,(H,12,13). The third-order valence-corrected chi connectivity index (χ3v) is 2.96. The van der Waals surface area contributed by atoms with Crippen molar-refractivity contribution in [3.63, 3.8) is 0 Å². The minimum absolute atomic E-state index is 0.325. The molecule has 0 atom stereocenters. The van der Waals surface area contributed by atoms with E-state index in [0.29, 0.717) is 6.42 Å². The van der Waals surface area contributed by atoms with Gasteiger partial charge in [0.1, 0.15) is 0 Å². The van der Waals surface area contributed by atoms with E-state index < -0.39 is 5.97 Å². The third kappa shape index (κ3) is 11.6. The van der Waals surface area contributed by atoms with Crippen molar-refractivity contribution in [2.45, 2.75) is 38.5 Å². The summed E-state index contributed by atoms with van der Waals surface area (Å²) in [5.74, 6) is 1.57. The summed E-state index contributed by atoms with van der Waals surface area (Å²) in [6.07, 6.45) is 7.77. The second-order valence-corrected chi connectivity index (χ2v) is 4.42. The van der Waals surface area contributed by atoms with Crippen molar-refractivity contribution in [1.29, 1.82) is 0 Å². The molecule has 0 bridgehead atoms. The quantitative estimate of drug-likeness (QED) is 0.449. The number of aliphatic carboxylic acids is 1. The Kier molecular flexibility index (Phi) is 10.3. The van der Waals surface area contributed by atoms with Crippen LogP contribution in [-0.2, 0) is 4.79 Å². The molecular weight excluding hydrogens is 196 g/mol. The largest absolute Gasteiger partial charge is 0.481 e. The first-order valence-electron chi connectivity index (χ1n) is 5.18. The van der Waals surface area contributed by atoms with Gasteiger partial charge in [0.25, 0.3) is 0 Å². The first kappa shape index (κ1) is 13.6. The number of rotatable bonds is 10. The molecule has 1 N–H and O–H groups in total. The normalized spacial score (nSPS) is 10.0. The fraction of sp³-hybridized carbons (Fsp3) is 0.727. The molecule has 0 amide bonds. The van der Waals surface area contributed by atoms with Crippen LogP contribution in [0.5, 0.6) is 0 Å². The van der Waals surface area contributed by atoms with E-state index in [2.05, 4.69) is 6.58 Å². The van der Waals surface area contributed by atoms with Gasteiger partial charge in [-0.05, 0) is 18.6 Å². The van der Waals surface area contributed by atoms with Gasteiger partial charge in [-0.15, -0.1) is 6.58 Å². The van der Waals surface area contributed by atoms with Crippen molar-refractivity contribution in [2.24, 2.45) is 0 Å². The molecule has 0 saturated carbocycles. The number of hydrogen-bond acceptors (Lipinski definition) is 2. The van der Waals surface area contributed by atoms with Gasteiger partial charge in [0.15, 0.2) is 0 Å². The van der Waals surface area contributed by atoms with Crippen molar-refractivity contribution < 1.29 is 9.90 Å². The lowest BCUT2D eigenvalue weighted by atomic mass is 10.1. The average Bonchev–Trinajstić information content (AvgIpc) is 2.15. The van der Waals surface area contributed by atoms with Gasteiger partial charge in [0.05, 0.1) is 0 Å². The number of unbranched alkanes of at least 4 members (excludes halogenated alkanes) is 4. The molecule has 0 aliphatic heterocycles. The van der Waals surface area contributed by atoms with E-state index in [9.17, 15) is 4.79 Å². The predicted molar refractivity (Wildman–Crippen MR) is 62.9 cm³/mol. The number of thioether (sulfide) groups is 1. The lowest BCUT2D eigenvalue weighted by Gasteiger charge is -1.99. The Morgan fingerprint density at radius 1 is 1.21 bits per heavy atom. The molecule has 0 spiro atoms. The van der Waals surface area contributed by atoms with Crippen LogP contribution < -0.4 is 0 Å². The first-order valence-corrected chi connectivity index (χ1v) is 6.33. The lowest BCUT2D eigenvalue weighted by molar-refractivity contribution is -0.137. The van der Waals surface area contributed by atoms with Crippen LogP contribution >= 0.6 is 11.8 Å². The van der Waals surface area contributed by atoms with Crippen LogP contribution in [0.4, 0.5) is 0 Å². The molecule has 0 saturated heterocycles. The minimum Gasteiger partial charge on any atom is -0.481 e. The lowest BCUT2D eigenvalue weighted by Crippen LogP contribution is -1.93. The van der Waals surface area contributed by atoms with Gasteiger partial charge in [-0.3, -0.25) is 4.79 Å². The molecule has 0 aliphatic carbocycles. The van der Waals surface area contributed by atoms with Crippen molar-refractivity contribution >= 4 is 17.7 Å². The number of hydrogen-bond donors (Lipinski definition) is 1. The Hall–Kier alpha value is -0.440. The second-order valence-electron chi connectivity index (χ2n) is 3.28. The predicted octanol–water partition coefficient (Wildman–Crippen LogP) is 3.33. The van der Waals surface area contributed by atoms with Gasteiger partial charge >= 0.3 is 5.97 Å². The summed E-state index contributed by atoms with van der Waals surface area (Å²) in [5, 5.41) is 8.40. The van der Waals surface area contributed by atoms with E-state index in [1.54, 1.807) is 0 Å². The Labute approximate surface area is 90.8 Å². The molecule has 0 fully saturated rings. The first-order chi connectivity index (χ1) is 6.77. The van der Waals surface area contributed by atoms with Gasteiger partial charge in [0, 0.05) is 12.2 Å². The highest BCUT2D eigenvalue weighted by atomic mass is 32.2. The van der Waals surface area contributed by atoms with Crippen molar-refractivity contribution in [2.75, 3.05) is 11.5 Å². The Bertz CT molecular complexity index is 157. The van der Waals surface area contributed by atoms with E-state index in [4.69, 9.17) is 5.11 Å². The van der Waals surface area contributed by atoms with Gasteiger partial charge in [-0.25, -0.2) is 0 Å². The molecule has 0 aromatic heterocycles. The summed E-state index contributed by atoms with van der Waals surface area (Å²) in [6.45, 7) is 3.66. The SMILES string of the molecule is C=CCSCCCCCCCC(=O)O. The van der Waals surface area contributed by atoms with E-state index in [1.807, 2.05) is 17.8 Å². The highest BCUT2D eigenvalue weighted by molar-refractivity contribution is 7.99. The smallest absolute Gasteiger partial charge is 0.303 e. The second kappa shape index (κ2) is 10.6. The van der Waals surface area contributed by atoms with E-state index >= 15 is 0 Å². The summed E-state index contributed by atoms with van der Waals surface area (Å²) in [5.41, 5.74) is 0. The molecule has 2 nitrogen and oxygen atoms in total. The molecule has 0 aromatic rings. The Morgan fingerprint density at radius 3 is 2.50 bits per heavy atom. The monoisotopic (exact) mass is 216 g/mol. The zero-order chi connectivity index (χ0) is 10.6. The topological polar surface area (TPSA) is 37.3 Å². The summed E-state index contributed by atoms with van der Waals surface area (Å²) >= 11 is 1.91. The zero-order valence-electron chi connectivity index (χ0n) is 8.71. The molecule has 82 valence electrons. The fourth-order valence-corrected chi connectivity index (χ4v) is 1.92. The molecule has 0 radical (unpaired) electrons. The van der Waals surface area contributed by atoms with Crippen LogP contribution in [0.15, 0.2) is 12.7 Å². The molecule has 0 heterocycles. The average molecular weight is 216 g/mol. The highest BCUT2D eigenvalue weighted by Gasteiger charge is 1.96. The molecule has 0 unspecified atom stereocenters. The summed E-state index contributed by atoms with van der Waals surface area (Å²) in [7, 11) is 0. The van der Waals surface area contributed by atoms with E-state index in [1.165, 1.54) is 25.0 Å². The van der Waals surface area contributed by atoms with Crippen molar-refractivity contribution in [3.05, 3.63) is 12.7 Å². The molecule has 0 aliphatic rings. The number of carboxylic acids is 1. The van der Waals surface area contributed by atoms with Crippen molar-refractivity contribution in [1.82, 2.24) is 0 Å². The third-order valence-electron chi connectivity index (χ3n) is 1.92. The van der Waals surface area contributed by atoms with Crippen LogP contribution in [0, 0.1) is 0 Å². The van der Waals surface area contributed by atoms with Gasteiger partial charge in [0.2, 0.25) is 0 Å².